The van der Waals surface area contributed by atoms with Crippen LogP contribution in [-0.4, -0.2) is 53.8 Å². The molecule has 1 atom stereocenters. The lowest BCUT2D eigenvalue weighted by molar-refractivity contribution is 0.102. The van der Waals surface area contributed by atoms with E-state index in [1.165, 1.54) is 11.3 Å². The molecule has 2 N–H and O–H groups in total. The Morgan fingerprint density at radius 3 is 2.68 bits per heavy atom. The summed E-state index contributed by atoms with van der Waals surface area (Å²) in [4.78, 5) is 27.3. The van der Waals surface area contributed by atoms with Gasteiger partial charge >= 0.3 is 6.03 Å². The lowest BCUT2D eigenvalue weighted by Gasteiger charge is -2.31. The summed E-state index contributed by atoms with van der Waals surface area (Å²) in [6, 6.07) is 14.3. The van der Waals surface area contributed by atoms with Crippen LogP contribution in [0.15, 0.2) is 48.5 Å². The first-order valence-electron chi connectivity index (χ1n) is 11.1. The van der Waals surface area contributed by atoms with E-state index in [2.05, 4.69) is 20.8 Å². The Morgan fingerprint density at radius 1 is 1.12 bits per heavy atom. The van der Waals surface area contributed by atoms with Gasteiger partial charge in [-0.2, -0.15) is 0 Å². The second-order valence-electron chi connectivity index (χ2n) is 7.77. The molecule has 0 saturated carbocycles. The van der Waals surface area contributed by atoms with Gasteiger partial charge in [0, 0.05) is 24.7 Å². The second-order valence-corrected chi connectivity index (χ2v) is 8.78. The molecule has 1 unspecified atom stereocenters. The predicted octanol–water partition coefficient (Wildman–Crippen LogP) is 4.61. The van der Waals surface area contributed by atoms with E-state index in [9.17, 15) is 9.59 Å². The number of para-hydroxylation sites is 2. The zero-order valence-corrected chi connectivity index (χ0v) is 19.9. The number of nitrogens with zero attached hydrogens (tertiary/aromatic N) is 3. The monoisotopic (exact) mass is 481 g/mol. The van der Waals surface area contributed by atoms with Gasteiger partial charge in [0.05, 0.1) is 19.4 Å². The molecule has 2 heterocycles. The van der Waals surface area contributed by atoms with Gasteiger partial charge in [0.15, 0.2) is 0 Å². The highest BCUT2D eigenvalue weighted by Gasteiger charge is 2.28. The van der Waals surface area contributed by atoms with E-state index < -0.39 is 0 Å². The molecule has 178 valence electrons. The molecule has 1 aromatic heterocycles. The van der Waals surface area contributed by atoms with Gasteiger partial charge in [-0.3, -0.25) is 4.79 Å². The van der Waals surface area contributed by atoms with E-state index in [0.29, 0.717) is 42.6 Å². The van der Waals surface area contributed by atoms with E-state index in [0.717, 1.165) is 17.8 Å². The Labute approximate surface area is 202 Å². The van der Waals surface area contributed by atoms with Crippen molar-refractivity contribution in [1.29, 1.82) is 0 Å². The second kappa shape index (κ2) is 11.0. The van der Waals surface area contributed by atoms with Gasteiger partial charge in [0.2, 0.25) is 5.01 Å². The van der Waals surface area contributed by atoms with E-state index in [-0.39, 0.29) is 22.9 Å². The number of urea groups is 1. The number of piperidine rings is 1. The fourth-order valence-corrected chi connectivity index (χ4v) is 4.62. The average molecular weight is 482 g/mol. The number of hydrogen-bond donors (Lipinski definition) is 2. The zero-order valence-electron chi connectivity index (χ0n) is 19.1. The number of anilines is 2. The Kier molecular flexibility index (Phi) is 7.58. The SMILES string of the molecule is CCOc1ccccc1NC(=O)N1CCCC(c2nnc(C(=O)Nc3ccc(OC)cc3)s2)C1. The van der Waals surface area contributed by atoms with Gasteiger partial charge in [-0.25, -0.2) is 4.79 Å². The number of aromatic nitrogens is 2. The summed E-state index contributed by atoms with van der Waals surface area (Å²) in [5.74, 6) is 1.07. The molecule has 1 aliphatic rings. The average Bonchev–Trinajstić information content (AvgIpc) is 3.37. The number of hydrogen-bond acceptors (Lipinski definition) is 7. The van der Waals surface area contributed by atoms with Crippen molar-refractivity contribution in [2.24, 2.45) is 0 Å². The zero-order chi connectivity index (χ0) is 23.9. The van der Waals surface area contributed by atoms with Crippen molar-refractivity contribution in [3.05, 3.63) is 58.5 Å². The third-order valence-corrected chi connectivity index (χ3v) is 6.55. The summed E-state index contributed by atoms with van der Waals surface area (Å²) in [6.45, 7) is 3.59. The fraction of sp³-hybridized carbons (Fsp3) is 0.333. The highest BCUT2D eigenvalue weighted by Crippen LogP contribution is 2.30. The minimum absolute atomic E-state index is 0.0293. The van der Waals surface area contributed by atoms with Crippen LogP contribution in [0.4, 0.5) is 16.2 Å². The van der Waals surface area contributed by atoms with Crippen molar-refractivity contribution in [1.82, 2.24) is 15.1 Å². The molecule has 0 radical (unpaired) electrons. The lowest BCUT2D eigenvalue weighted by Crippen LogP contribution is -2.41. The number of carbonyl (C=O) groups excluding carboxylic acids is 2. The molecular formula is C24H27N5O4S. The standard InChI is InChI=1S/C24H27N5O4S/c1-3-33-20-9-5-4-8-19(20)26-24(31)29-14-6-7-16(15-29)22-27-28-23(34-22)21(30)25-17-10-12-18(32-2)13-11-17/h4-5,8-13,16H,3,6-7,14-15H2,1-2H3,(H,25,30)(H,26,31). The van der Waals surface area contributed by atoms with Gasteiger partial charge < -0.3 is 25.0 Å². The maximum Gasteiger partial charge on any atom is 0.321 e. The molecule has 0 spiro atoms. The summed E-state index contributed by atoms with van der Waals surface area (Å²) in [7, 11) is 1.59. The van der Waals surface area contributed by atoms with Crippen LogP contribution in [0, 0.1) is 0 Å². The number of rotatable bonds is 7. The fourth-order valence-electron chi connectivity index (χ4n) is 3.76. The molecule has 1 aliphatic heterocycles. The smallest absolute Gasteiger partial charge is 0.321 e. The van der Waals surface area contributed by atoms with Crippen LogP contribution in [0.3, 0.4) is 0 Å². The largest absolute Gasteiger partial charge is 0.497 e. The Balaban J connectivity index is 1.38. The maximum atomic E-state index is 12.9. The number of methoxy groups -OCH3 is 1. The quantitative estimate of drug-likeness (QED) is 0.511. The molecule has 1 fully saturated rings. The van der Waals surface area contributed by atoms with Gasteiger partial charge in [0.1, 0.15) is 16.5 Å². The molecule has 0 aliphatic carbocycles. The molecule has 3 aromatic rings. The molecule has 2 aromatic carbocycles. The van der Waals surface area contributed by atoms with Gasteiger partial charge in [-0.1, -0.05) is 23.5 Å². The number of likely N-dealkylation sites (tertiary alicyclic amines) is 1. The highest BCUT2D eigenvalue weighted by molar-refractivity contribution is 7.13. The molecule has 1 saturated heterocycles. The van der Waals surface area contributed by atoms with E-state index in [4.69, 9.17) is 9.47 Å². The lowest BCUT2D eigenvalue weighted by atomic mass is 9.99. The molecule has 10 heteroatoms. The van der Waals surface area contributed by atoms with E-state index in [1.54, 1.807) is 36.3 Å². The number of carbonyl (C=O) groups is 2. The van der Waals surface area contributed by atoms with Crippen LogP contribution in [0.5, 0.6) is 11.5 Å². The van der Waals surface area contributed by atoms with Crippen LogP contribution in [0.1, 0.15) is 40.5 Å². The van der Waals surface area contributed by atoms with Crippen molar-refractivity contribution >= 4 is 34.6 Å². The molecular weight excluding hydrogens is 454 g/mol. The van der Waals surface area contributed by atoms with Crippen LogP contribution < -0.4 is 20.1 Å². The van der Waals surface area contributed by atoms with Crippen molar-refractivity contribution in [2.45, 2.75) is 25.7 Å². The van der Waals surface area contributed by atoms with Crippen LogP contribution >= 0.6 is 11.3 Å². The summed E-state index contributed by atoms with van der Waals surface area (Å²) in [6.07, 6.45) is 1.73. The summed E-state index contributed by atoms with van der Waals surface area (Å²) >= 11 is 1.26. The summed E-state index contributed by atoms with van der Waals surface area (Å²) in [5.41, 5.74) is 1.29. The topological polar surface area (TPSA) is 106 Å². The molecule has 9 nitrogen and oxygen atoms in total. The Hall–Kier alpha value is -3.66. The first-order chi connectivity index (χ1) is 16.6. The summed E-state index contributed by atoms with van der Waals surface area (Å²) in [5, 5.41) is 15.2. The van der Waals surface area contributed by atoms with Crippen molar-refractivity contribution in [3.8, 4) is 11.5 Å². The number of amides is 3. The minimum Gasteiger partial charge on any atom is -0.497 e. The third kappa shape index (κ3) is 5.63. The molecule has 0 bridgehead atoms. The van der Waals surface area contributed by atoms with Gasteiger partial charge in [0.25, 0.3) is 5.91 Å². The molecule has 4 rings (SSSR count). The molecule has 34 heavy (non-hydrogen) atoms. The summed E-state index contributed by atoms with van der Waals surface area (Å²) < 4.78 is 10.7. The van der Waals surface area contributed by atoms with Crippen molar-refractivity contribution in [2.75, 3.05) is 37.4 Å². The van der Waals surface area contributed by atoms with Crippen molar-refractivity contribution < 1.29 is 19.1 Å². The first kappa shape index (κ1) is 23.5. The predicted molar refractivity (Wildman–Crippen MR) is 131 cm³/mol. The van der Waals surface area contributed by atoms with Crippen LogP contribution in [0.2, 0.25) is 0 Å². The maximum absolute atomic E-state index is 12.9. The van der Waals surface area contributed by atoms with Crippen molar-refractivity contribution in [3.63, 3.8) is 0 Å². The van der Waals surface area contributed by atoms with Gasteiger partial charge in [-0.15, -0.1) is 10.2 Å². The van der Waals surface area contributed by atoms with Crippen LogP contribution in [0.25, 0.3) is 0 Å². The number of ether oxygens (including phenoxy) is 2. The molecule has 3 amide bonds. The first-order valence-corrected chi connectivity index (χ1v) is 12.0. The highest BCUT2D eigenvalue weighted by atomic mass is 32.1. The van der Waals surface area contributed by atoms with Crippen LogP contribution in [-0.2, 0) is 0 Å². The van der Waals surface area contributed by atoms with E-state index in [1.807, 2.05) is 31.2 Å². The minimum atomic E-state index is -0.313. The number of nitrogens with one attached hydrogen (secondary N) is 2. The third-order valence-electron chi connectivity index (χ3n) is 5.47. The Bertz CT molecular complexity index is 1130. The number of benzene rings is 2. The normalized spacial score (nSPS) is 15.5. The van der Waals surface area contributed by atoms with E-state index >= 15 is 0 Å². The Morgan fingerprint density at radius 2 is 1.91 bits per heavy atom. The van der Waals surface area contributed by atoms with Gasteiger partial charge in [-0.05, 0) is 56.2 Å².